The third kappa shape index (κ3) is 13.0. The Morgan fingerprint density at radius 2 is 0.881 bits per heavy atom. The highest BCUT2D eigenvalue weighted by Crippen LogP contribution is 2.35. The van der Waals surface area contributed by atoms with Gasteiger partial charge in [0.25, 0.3) is 0 Å². The van der Waals surface area contributed by atoms with E-state index in [0.29, 0.717) is 12.1 Å². The van der Waals surface area contributed by atoms with E-state index in [1.165, 1.54) is 11.1 Å². The quantitative estimate of drug-likeness (QED) is 0.116. The number of aromatic nitrogens is 6. The lowest BCUT2D eigenvalue weighted by atomic mass is 10.0. The van der Waals surface area contributed by atoms with Crippen LogP contribution in [0.15, 0.2) is 119 Å². The minimum atomic E-state index is 0. The number of para-hydroxylation sites is 4. The van der Waals surface area contributed by atoms with Crippen molar-refractivity contribution in [3.8, 4) is 0 Å². The number of nitrogens with one attached hydrogen (secondary N) is 4. The van der Waals surface area contributed by atoms with Crippen molar-refractivity contribution in [1.82, 2.24) is 50.4 Å². The van der Waals surface area contributed by atoms with Gasteiger partial charge in [0.1, 0.15) is 0 Å². The summed E-state index contributed by atoms with van der Waals surface area (Å²) in [5.41, 5.74) is 8.19. The molecule has 0 saturated carbocycles. The zero-order chi connectivity index (χ0) is 42.4. The first-order valence-electron chi connectivity index (χ1n) is 22.2. The number of hydrogen-bond acceptors (Lipinski definition) is 12. The Labute approximate surface area is 418 Å². The van der Waals surface area contributed by atoms with Crippen LogP contribution in [0.1, 0.15) is 75.1 Å². The smallest absolute Gasteiger partial charge is 0.184 e. The fourth-order valence-electron chi connectivity index (χ4n) is 8.35. The minimum absolute atomic E-state index is 0. The first kappa shape index (κ1) is 54.3. The van der Waals surface area contributed by atoms with E-state index in [1.54, 1.807) is 9.59 Å². The van der Waals surface area contributed by atoms with E-state index < -0.39 is 0 Å². The van der Waals surface area contributed by atoms with Gasteiger partial charge in [0, 0.05) is 51.4 Å². The number of halogens is 4. The van der Waals surface area contributed by atoms with Crippen molar-refractivity contribution in [3.63, 3.8) is 0 Å². The maximum Gasteiger partial charge on any atom is 0.184 e. The Bertz CT molecular complexity index is 2340. The van der Waals surface area contributed by atoms with Crippen LogP contribution in [0.25, 0.3) is 0 Å². The van der Waals surface area contributed by atoms with Gasteiger partial charge in [0.05, 0.1) is 34.8 Å². The van der Waals surface area contributed by atoms with Gasteiger partial charge in [0.2, 0.25) is 0 Å². The van der Waals surface area contributed by atoms with E-state index >= 15 is 0 Å². The largest absolute Gasteiger partial charge is 0.412 e. The second kappa shape index (κ2) is 25.2. The van der Waals surface area contributed by atoms with Crippen LogP contribution in [-0.4, -0.2) is 108 Å². The van der Waals surface area contributed by atoms with E-state index in [1.807, 2.05) is 48.5 Å². The summed E-state index contributed by atoms with van der Waals surface area (Å²) in [6.45, 7) is 13.8. The van der Waals surface area contributed by atoms with Gasteiger partial charge in [-0.2, -0.15) is 9.59 Å². The topological polar surface area (TPSA) is 172 Å². The van der Waals surface area contributed by atoms with E-state index in [9.17, 15) is 0 Å². The highest BCUT2D eigenvalue weighted by atomic mass is 35.5. The fourth-order valence-corrected chi connectivity index (χ4v) is 8.35. The van der Waals surface area contributed by atoms with Gasteiger partial charge in [-0.3, -0.25) is 0 Å². The Morgan fingerprint density at radius 3 is 1.27 bits per heavy atom. The number of aliphatic imine (C=N–C) groups is 2. The molecule has 6 heterocycles. The number of amidine groups is 2. The highest BCUT2D eigenvalue weighted by molar-refractivity contribution is 6.06. The summed E-state index contributed by atoms with van der Waals surface area (Å²) >= 11 is 0. The van der Waals surface area contributed by atoms with E-state index in [-0.39, 0.29) is 67.2 Å². The molecule has 4 aromatic carbocycles. The molecule has 6 N–H and O–H groups in total. The van der Waals surface area contributed by atoms with Gasteiger partial charge >= 0.3 is 0 Å². The summed E-state index contributed by atoms with van der Waals surface area (Å²) < 4.78 is 0. The van der Waals surface area contributed by atoms with Crippen LogP contribution in [0.3, 0.4) is 0 Å². The van der Waals surface area contributed by atoms with E-state index in [4.69, 9.17) is 30.4 Å². The molecule has 4 aliphatic heterocycles. The second-order valence-corrected chi connectivity index (χ2v) is 17.0. The van der Waals surface area contributed by atoms with Crippen molar-refractivity contribution in [2.75, 3.05) is 49.9 Å². The monoisotopic (exact) mass is 992 g/mol. The molecular weight excluding hydrogens is 930 g/mol. The number of aryl methyl sites for hydroxylation is 2. The number of fused-ring (bicyclic) bond motifs is 4. The molecule has 15 nitrogen and oxygen atoms in total. The fraction of sp³-hybridized carbons (Fsp3) is 0.375. The van der Waals surface area contributed by atoms with Crippen LogP contribution in [0.4, 0.5) is 34.4 Å². The lowest BCUT2D eigenvalue weighted by molar-refractivity contribution is 0.281. The molecule has 2 atom stereocenters. The first-order valence-corrected chi connectivity index (χ1v) is 22.2. The standard InChI is InChI=1S/2C24H29N7.4ClH.H2O/c2*1-17(2)31-28-22-23(29-31)26-20-10-6-7-11-21(20)27-24(22)30-15-14-25-19(16-30)13-12-18-8-4-3-5-9-18;;;;;/h2*3-11,17,19,25H,12-16H2,1-2H3,(H,26,29);4*1H;1H2/t2*19-;;;;;/m00...../s1. The molecule has 0 spiro atoms. The number of benzene rings is 4. The van der Waals surface area contributed by atoms with Crippen molar-refractivity contribution in [2.24, 2.45) is 9.98 Å². The Hall–Kier alpha value is -5.26. The molecule has 4 aliphatic rings. The molecule has 0 aliphatic carbocycles. The van der Waals surface area contributed by atoms with E-state index in [2.05, 4.69) is 119 Å². The van der Waals surface area contributed by atoms with Gasteiger partial charge in [-0.1, -0.05) is 84.9 Å². The summed E-state index contributed by atoms with van der Waals surface area (Å²) in [7, 11) is 0. The summed E-state index contributed by atoms with van der Waals surface area (Å²) in [4.78, 5) is 18.4. The average Bonchev–Trinajstić information content (AvgIpc) is 3.84. The predicted molar refractivity (Wildman–Crippen MR) is 282 cm³/mol. The molecule has 67 heavy (non-hydrogen) atoms. The molecular formula is C48H64Cl4N14O. The zero-order valence-electron chi connectivity index (χ0n) is 38.4. The zero-order valence-corrected chi connectivity index (χ0v) is 41.6. The van der Waals surface area contributed by atoms with Crippen LogP contribution < -0.4 is 21.3 Å². The molecule has 2 fully saturated rings. The van der Waals surface area contributed by atoms with Crippen molar-refractivity contribution < 1.29 is 5.48 Å². The van der Waals surface area contributed by atoms with Crippen LogP contribution >= 0.6 is 49.6 Å². The lowest BCUT2D eigenvalue weighted by Gasteiger charge is -2.35. The average molecular weight is 995 g/mol. The number of piperazine rings is 2. The summed E-state index contributed by atoms with van der Waals surface area (Å²) in [5, 5.41) is 33.4. The maximum absolute atomic E-state index is 5.07. The Morgan fingerprint density at radius 1 is 0.507 bits per heavy atom. The molecule has 6 aromatic rings. The van der Waals surface area contributed by atoms with Gasteiger partial charge in [-0.05, 0) is 88.8 Å². The van der Waals surface area contributed by atoms with Gasteiger partial charge in [0.15, 0.2) is 34.7 Å². The Balaban J connectivity index is 0.000000272. The molecule has 10 rings (SSSR count). The van der Waals surface area contributed by atoms with Crippen LogP contribution in [0, 0.1) is 0 Å². The van der Waals surface area contributed by atoms with Crippen molar-refractivity contribution in [1.29, 1.82) is 0 Å². The molecule has 2 aromatic heterocycles. The van der Waals surface area contributed by atoms with Gasteiger partial charge in [-0.15, -0.1) is 70.0 Å². The number of hydrogen-bond donors (Lipinski definition) is 4. The molecule has 0 amide bonds. The van der Waals surface area contributed by atoms with Crippen LogP contribution in [-0.2, 0) is 12.8 Å². The summed E-state index contributed by atoms with van der Waals surface area (Å²) in [6.07, 6.45) is 4.32. The van der Waals surface area contributed by atoms with Gasteiger partial charge < -0.3 is 36.5 Å². The molecule has 2 saturated heterocycles. The lowest BCUT2D eigenvalue weighted by Crippen LogP contribution is -2.53. The number of anilines is 4. The normalized spacial score (nSPS) is 16.7. The van der Waals surface area contributed by atoms with Crippen molar-refractivity contribution in [3.05, 3.63) is 132 Å². The first-order chi connectivity index (χ1) is 30.3. The summed E-state index contributed by atoms with van der Waals surface area (Å²) in [6, 6.07) is 38.8. The highest BCUT2D eigenvalue weighted by Gasteiger charge is 2.31. The predicted octanol–water partition coefficient (Wildman–Crippen LogP) is 8.66. The Kier molecular flexibility index (Phi) is 20.4. The number of rotatable bonds is 8. The van der Waals surface area contributed by atoms with Gasteiger partial charge in [-0.25, -0.2) is 9.98 Å². The van der Waals surface area contributed by atoms with Crippen molar-refractivity contribution in [2.45, 2.75) is 77.5 Å². The molecule has 19 heteroatoms. The molecule has 0 radical (unpaired) electrons. The molecule has 0 unspecified atom stereocenters. The maximum atomic E-state index is 5.07. The van der Waals surface area contributed by atoms with Crippen LogP contribution in [0.5, 0.6) is 0 Å². The molecule has 360 valence electrons. The third-order valence-electron chi connectivity index (χ3n) is 11.7. The van der Waals surface area contributed by atoms with Crippen LogP contribution in [0.2, 0.25) is 0 Å². The SMILES string of the molecule is CC(C)n1nc2c(n1)C(N1CCN[C@@H](CCc3ccccc3)C1)=Nc1ccccc1N2.CC(C)n1nc2c(n1)C(N1CCN[C@@H](CCc3ccccc3)C1)=Nc1ccccc1N2.Cl.Cl.Cl.Cl.O. The summed E-state index contributed by atoms with van der Waals surface area (Å²) in [5.74, 6) is 3.37. The van der Waals surface area contributed by atoms with E-state index in [0.717, 1.165) is 122 Å². The third-order valence-corrected chi connectivity index (χ3v) is 11.7. The minimum Gasteiger partial charge on any atom is -0.412 e. The van der Waals surface area contributed by atoms with Crippen molar-refractivity contribution >= 4 is 95.7 Å². The molecule has 0 bridgehead atoms. The second-order valence-electron chi connectivity index (χ2n) is 17.0. The number of nitrogens with zero attached hydrogens (tertiary/aromatic N) is 10.